The van der Waals surface area contributed by atoms with Crippen molar-refractivity contribution in [3.05, 3.63) is 66.1 Å². The van der Waals surface area contributed by atoms with Crippen LogP contribution in [0.15, 0.2) is 34.8 Å². The first-order valence-electron chi connectivity index (χ1n) is 12.5. The van der Waals surface area contributed by atoms with Crippen LogP contribution in [0.1, 0.15) is 44.2 Å². The first-order chi connectivity index (χ1) is 18.5. The highest BCUT2D eigenvalue weighted by Crippen LogP contribution is 2.56. The molecular weight excluding hydrogens is 643 g/mol. The van der Waals surface area contributed by atoms with Crippen LogP contribution in [-0.2, 0) is 28.9 Å². The Morgan fingerprint density at radius 3 is 2.40 bits per heavy atom. The largest absolute Gasteiger partial charge is 0.469 e. The number of halogens is 3. The van der Waals surface area contributed by atoms with Gasteiger partial charge in [-0.1, -0.05) is 66.0 Å². The van der Waals surface area contributed by atoms with Gasteiger partial charge in [0.2, 0.25) is 5.91 Å². The smallest absolute Gasteiger partial charge is 0.314 e. The number of ether oxygens (including phenoxy) is 2. The average Bonchev–Trinajstić information content (AvgIpc) is 3.07. The number of esters is 1. The van der Waals surface area contributed by atoms with E-state index in [0.717, 1.165) is 0 Å². The highest BCUT2D eigenvalue weighted by Gasteiger charge is 2.60. The van der Waals surface area contributed by atoms with Gasteiger partial charge in [0.05, 0.1) is 28.2 Å². The number of hydrogen-bond acceptors (Lipinski definition) is 7. The van der Waals surface area contributed by atoms with E-state index in [1.54, 1.807) is 12.1 Å². The van der Waals surface area contributed by atoms with Crippen LogP contribution in [0.2, 0.25) is 28.2 Å². The normalized spacial score (nSPS) is 18.1. The van der Waals surface area contributed by atoms with Crippen molar-refractivity contribution < 1.29 is 28.4 Å². The highest BCUT2D eigenvalue weighted by molar-refractivity contribution is 9.10. The molecule has 40 heavy (non-hydrogen) atoms. The van der Waals surface area contributed by atoms with Crippen molar-refractivity contribution in [2.75, 3.05) is 32.5 Å². The summed E-state index contributed by atoms with van der Waals surface area (Å²) in [5, 5.41) is 12.5. The molecule has 0 aliphatic carbocycles. The molecule has 0 unspecified atom stereocenters. The SMILES string of the molecule is COCN1C(=O)[C@@](CCO[Si](C)(C)C(C)(C)C)([C@@H](C(=O)OC)c2ccc(Br)cc2[N+](=O)[O-])c2cc(Cl)cc(Cl)c21. The Morgan fingerprint density at radius 2 is 1.85 bits per heavy atom. The molecule has 218 valence electrons. The second-order valence-corrected chi connectivity index (χ2v) is 17.7. The predicted molar refractivity (Wildman–Crippen MR) is 161 cm³/mol. The lowest BCUT2D eigenvalue weighted by Gasteiger charge is -2.39. The number of rotatable bonds is 10. The van der Waals surface area contributed by atoms with Gasteiger partial charge in [-0.05, 0) is 48.3 Å². The molecular formula is C27H33BrCl2N2O7Si. The zero-order valence-electron chi connectivity index (χ0n) is 23.5. The van der Waals surface area contributed by atoms with Gasteiger partial charge in [-0.15, -0.1) is 0 Å². The first kappa shape index (κ1) is 32.5. The lowest BCUT2D eigenvalue weighted by molar-refractivity contribution is -0.385. The van der Waals surface area contributed by atoms with Gasteiger partial charge in [0.1, 0.15) is 12.6 Å². The Labute approximate surface area is 253 Å². The summed E-state index contributed by atoms with van der Waals surface area (Å²) in [6.45, 7) is 10.3. The fourth-order valence-electron chi connectivity index (χ4n) is 4.87. The van der Waals surface area contributed by atoms with Crippen LogP contribution in [0.4, 0.5) is 11.4 Å². The number of methoxy groups -OCH3 is 2. The maximum absolute atomic E-state index is 14.6. The van der Waals surface area contributed by atoms with Crippen LogP contribution in [0.5, 0.6) is 0 Å². The van der Waals surface area contributed by atoms with Gasteiger partial charge in [0, 0.05) is 34.8 Å². The van der Waals surface area contributed by atoms with E-state index in [4.69, 9.17) is 37.1 Å². The quantitative estimate of drug-likeness (QED) is 0.113. The molecule has 0 bridgehead atoms. The van der Waals surface area contributed by atoms with Crippen molar-refractivity contribution in [3.63, 3.8) is 0 Å². The maximum atomic E-state index is 14.6. The van der Waals surface area contributed by atoms with Crippen molar-refractivity contribution in [3.8, 4) is 0 Å². The molecule has 13 heteroatoms. The molecule has 9 nitrogen and oxygen atoms in total. The summed E-state index contributed by atoms with van der Waals surface area (Å²) in [4.78, 5) is 41.3. The lowest BCUT2D eigenvalue weighted by Crippen LogP contribution is -2.50. The van der Waals surface area contributed by atoms with E-state index in [0.29, 0.717) is 15.7 Å². The second kappa shape index (κ2) is 12.1. The van der Waals surface area contributed by atoms with Gasteiger partial charge < -0.3 is 13.9 Å². The summed E-state index contributed by atoms with van der Waals surface area (Å²) in [5.74, 6) is -2.79. The summed E-state index contributed by atoms with van der Waals surface area (Å²) < 4.78 is 17.5. The molecule has 3 rings (SSSR count). The molecule has 0 saturated heterocycles. The van der Waals surface area contributed by atoms with E-state index in [-0.39, 0.29) is 46.1 Å². The van der Waals surface area contributed by atoms with Crippen LogP contribution in [-0.4, -0.2) is 52.7 Å². The monoisotopic (exact) mass is 674 g/mol. The van der Waals surface area contributed by atoms with E-state index < -0.39 is 36.5 Å². The van der Waals surface area contributed by atoms with Gasteiger partial charge in [0.15, 0.2) is 8.32 Å². The zero-order chi connectivity index (χ0) is 30.2. The van der Waals surface area contributed by atoms with Gasteiger partial charge in [-0.25, -0.2) is 0 Å². The summed E-state index contributed by atoms with van der Waals surface area (Å²) in [7, 11) is 0.308. The van der Waals surface area contributed by atoms with Crippen LogP contribution in [0.25, 0.3) is 0 Å². The fourth-order valence-corrected chi connectivity index (χ4v) is 6.86. The van der Waals surface area contributed by atoms with E-state index in [1.807, 2.05) is 0 Å². The lowest BCUT2D eigenvalue weighted by atomic mass is 9.66. The Morgan fingerprint density at radius 1 is 1.20 bits per heavy atom. The fraction of sp³-hybridized carbons (Fsp3) is 0.481. The minimum atomic E-state index is -2.30. The summed E-state index contributed by atoms with van der Waals surface area (Å²) in [5.41, 5.74) is -1.38. The molecule has 0 N–H and O–H groups in total. The van der Waals surface area contributed by atoms with E-state index in [9.17, 15) is 19.7 Å². The molecule has 2 atom stereocenters. The predicted octanol–water partition coefficient (Wildman–Crippen LogP) is 7.22. The van der Waals surface area contributed by atoms with Gasteiger partial charge in [-0.2, -0.15) is 0 Å². The molecule has 2 aromatic carbocycles. The minimum absolute atomic E-state index is 0.00475. The number of carbonyl (C=O) groups excluding carboxylic acids is 2. The Hall–Kier alpha value is -2.02. The van der Waals surface area contributed by atoms with Gasteiger partial charge in [0.25, 0.3) is 5.69 Å². The van der Waals surface area contributed by atoms with Crippen LogP contribution in [0, 0.1) is 10.1 Å². The minimum Gasteiger partial charge on any atom is -0.469 e. The molecule has 1 aliphatic heterocycles. The Balaban J connectivity index is 2.39. The van der Waals surface area contributed by atoms with E-state index in [1.165, 1.54) is 37.3 Å². The summed E-state index contributed by atoms with van der Waals surface area (Å²) >= 11 is 16.4. The van der Waals surface area contributed by atoms with E-state index in [2.05, 4.69) is 49.8 Å². The van der Waals surface area contributed by atoms with Crippen molar-refractivity contribution in [2.24, 2.45) is 0 Å². The topological polar surface area (TPSA) is 108 Å². The first-order valence-corrected chi connectivity index (χ1v) is 16.9. The Bertz CT molecular complexity index is 1330. The molecule has 0 aromatic heterocycles. The molecule has 0 radical (unpaired) electrons. The third-order valence-electron chi connectivity index (χ3n) is 7.86. The maximum Gasteiger partial charge on any atom is 0.314 e. The molecule has 2 aromatic rings. The molecule has 0 fully saturated rings. The van der Waals surface area contributed by atoms with E-state index >= 15 is 0 Å². The Kier molecular flexibility index (Phi) is 9.80. The third kappa shape index (κ3) is 5.82. The zero-order valence-corrected chi connectivity index (χ0v) is 27.6. The summed E-state index contributed by atoms with van der Waals surface area (Å²) in [6.07, 6.45) is -0.00475. The molecule has 1 aliphatic rings. The number of nitro benzene ring substituents is 1. The van der Waals surface area contributed by atoms with Crippen molar-refractivity contribution in [1.29, 1.82) is 0 Å². The van der Waals surface area contributed by atoms with Crippen LogP contribution >= 0.6 is 39.1 Å². The molecule has 0 spiro atoms. The summed E-state index contributed by atoms with van der Waals surface area (Å²) in [6, 6.07) is 7.40. The third-order valence-corrected chi connectivity index (χ3v) is 13.4. The average molecular weight is 676 g/mol. The van der Waals surface area contributed by atoms with Crippen molar-refractivity contribution in [2.45, 2.75) is 56.7 Å². The highest BCUT2D eigenvalue weighted by atomic mass is 79.9. The number of benzene rings is 2. The van der Waals surface area contributed by atoms with Gasteiger partial charge in [-0.3, -0.25) is 24.6 Å². The number of hydrogen-bond donors (Lipinski definition) is 0. The number of amides is 1. The standard InChI is InChI=1S/C27H33BrCl2N2O7Si/c1-26(2,3)40(6,7)39-11-10-27(19-13-17(29)14-20(30)23(19)31(15-37-4)25(27)34)22(24(33)38-5)18-9-8-16(28)12-21(18)32(35)36/h8-9,12-14,22H,10-11,15H2,1-7H3/t22-,27-/m1/s1. The number of nitro groups is 1. The van der Waals surface area contributed by atoms with Crippen molar-refractivity contribution in [1.82, 2.24) is 0 Å². The number of fused-ring (bicyclic) bond motifs is 1. The van der Waals surface area contributed by atoms with Crippen LogP contribution in [0.3, 0.4) is 0 Å². The number of anilines is 1. The van der Waals surface area contributed by atoms with Gasteiger partial charge >= 0.3 is 5.97 Å². The molecule has 1 heterocycles. The number of carbonyl (C=O) groups is 2. The second-order valence-electron chi connectivity index (χ2n) is 11.2. The molecule has 0 saturated carbocycles. The molecule has 1 amide bonds. The van der Waals surface area contributed by atoms with Crippen molar-refractivity contribution >= 4 is 70.7 Å². The number of nitrogens with zero attached hydrogens (tertiary/aromatic N) is 2. The van der Waals surface area contributed by atoms with Crippen LogP contribution < -0.4 is 4.90 Å².